The summed E-state index contributed by atoms with van der Waals surface area (Å²) in [6.07, 6.45) is 7.48. The molecular formula is C14H21N3O. The zero-order valence-electron chi connectivity index (χ0n) is 10.6. The molecule has 0 saturated heterocycles. The van der Waals surface area contributed by atoms with E-state index >= 15 is 0 Å². The third-order valence-corrected chi connectivity index (χ3v) is 3.59. The van der Waals surface area contributed by atoms with E-state index in [-0.39, 0.29) is 0 Å². The van der Waals surface area contributed by atoms with E-state index in [0.717, 1.165) is 5.69 Å². The lowest BCUT2D eigenvalue weighted by atomic mass is 10.1. The van der Waals surface area contributed by atoms with E-state index < -0.39 is 5.91 Å². The molecule has 0 radical (unpaired) electrons. The van der Waals surface area contributed by atoms with E-state index in [1.54, 1.807) is 6.07 Å². The second-order valence-corrected chi connectivity index (χ2v) is 4.96. The summed E-state index contributed by atoms with van der Waals surface area (Å²) in [5, 5.41) is 3.45. The van der Waals surface area contributed by atoms with Crippen LogP contribution in [0.2, 0.25) is 0 Å². The van der Waals surface area contributed by atoms with E-state index in [4.69, 9.17) is 11.5 Å². The van der Waals surface area contributed by atoms with Gasteiger partial charge in [-0.1, -0.05) is 31.7 Å². The van der Waals surface area contributed by atoms with Crippen molar-refractivity contribution in [3.05, 3.63) is 23.8 Å². The van der Waals surface area contributed by atoms with Crippen molar-refractivity contribution >= 4 is 17.3 Å². The first-order chi connectivity index (χ1) is 8.68. The fourth-order valence-electron chi connectivity index (χ4n) is 2.55. The number of para-hydroxylation sites is 1. The number of nitrogens with two attached hydrogens (primary N) is 2. The van der Waals surface area contributed by atoms with E-state index in [1.807, 2.05) is 12.1 Å². The summed E-state index contributed by atoms with van der Waals surface area (Å²) in [5.41, 5.74) is 13.0. The van der Waals surface area contributed by atoms with Gasteiger partial charge in [0.05, 0.1) is 16.9 Å². The maximum atomic E-state index is 11.2. The van der Waals surface area contributed by atoms with Crippen LogP contribution in [0.1, 0.15) is 48.9 Å². The van der Waals surface area contributed by atoms with Gasteiger partial charge in [-0.15, -0.1) is 0 Å². The van der Waals surface area contributed by atoms with Gasteiger partial charge >= 0.3 is 0 Å². The summed E-state index contributed by atoms with van der Waals surface area (Å²) in [6, 6.07) is 5.84. The summed E-state index contributed by atoms with van der Waals surface area (Å²) < 4.78 is 0. The predicted molar refractivity (Wildman–Crippen MR) is 74.5 cm³/mol. The molecule has 1 fully saturated rings. The van der Waals surface area contributed by atoms with Gasteiger partial charge in [-0.05, 0) is 25.0 Å². The van der Waals surface area contributed by atoms with Gasteiger partial charge in [0.25, 0.3) is 5.91 Å². The monoisotopic (exact) mass is 247 g/mol. The molecule has 4 heteroatoms. The molecule has 4 nitrogen and oxygen atoms in total. The van der Waals surface area contributed by atoms with Crippen molar-refractivity contribution in [3.8, 4) is 0 Å². The SMILES string of the molecule is NC(=O)c1cccc(NC2CCCCCC2)c1N. The van der Waals surface area contributed by atoms with Crippen LogP contribution < -0.4 is 16.8 Å². The molecule has 0 aliphatic heterocycles. The summed E-state index contributed by atoms with van der Waals surface area (Å²) >= 11 is 0. The van der Waals surface area contributed by atoms with Gasteiger partial charge in [-0.25, -0.2) is 0 Å². The van der Waals surface area contributed by atoms with E-state index in [1.165, 1.54) is 38.5 Å². The fourth-order valence-corrected chi connectivity index (χ4v) is 2.55. The van der Waals surface area contributed by atoms with Crippen LogP contribution in [-0.4, -0.2) is 11.9 Å². The first-order valence-electron chi connectivity index (χ1n) is 6.63. The van der Waals surface area contributed by atoms with Crippen LogP contribution in [0, 0.1) is 0 Å². The molecule has 98 valence electrons. The van der Waals surface area contributed by atoms with Crippen LogP contribution in [0.5, 0.6) is 0 Å². The molecule has 2 rings (SSSR count). The highest BCUT2D eigenvalue weighted by atomic mass is 16.1. The van der Waals surface area contributed by atoms with Crippen molar-refractivity contribution in [1.29, 1.82) is 0 Å². The van der Waals surface area contributed by atoms with Crippen molar-refractivity contribution < 1.29 is 4.79 Å². The van der Waals surface area contributed by atoms with Crippen molar-refractivity contribution in [1.82, 2.24) is 0 Å². The number of carbonyl (C=O) groups is 1. The topological polar surface area (TPSA) is 81.1 Å². The minimum absolute atomic E-state index is 0.397. The lowest BCUT2D eigenvalue weighted by molar-refractivity contribution is 0.100. The first kappa shape index (κ1) is 12.7. The summed E-state index contributed by atoms with van der Waals surface area (Å²) in [7, 11) is 0. The van der Waals surface area contributed by atoms with Gasteiger partial charge in [0, 0.05) is 6.04 Å². The Balaban J connectivity index is 2.13. The molecule has 1 aliphatic carbocycles. The molecule has 1 aromatic rings. The summed E-state index contributed by atoms with van der Waals surface area (Å²) in [6.45, 7) is 0. The Morgan fingerprint density at radius 1 is 1.17 bits per heavy atom. The Morgan fingerprint density at radius 2 is 1.83 bits per heavy atom. The first-order valence-corrected chi connectivity index (χ1v) is 6.63. The van der Waals surface area contributed by atoms with Crippen molar-refractivity contribution in [2.75, 3.05) is 11.1 Å². The highest BCUT2D eigenvalue weighted by molar-refractivity contribution is 6.00. The zero-order valence-corrected chi connectivity index (χ0v) is 10.6. The van der Waals surface area contributed by atoms with Crippen LogP contribution in [-0.2, 0) is 0 Å². The number of anilines is 2. The molecule has 1 saturated carbocycles. The number of amides is 1. The van der Waals surface area contributed by atoms with Crippen LogP contribution in [0.15, 0.2) is 18.2 Å². The molecule has 0 aromatic heterocycles. The van der Waals surface area contributed by atoms with Crippen LogP contribution in [0.25, 0.3) is 0 Å². The number of rotatable bonds is 3. The highest BCUT2D eigenvalue weighted by Crippen LogP contribution is 2.26. The number of hydrogen-bond donors (Lipinski definition) is 3. The fraction of sp³-hybridized carbons (Fsp3) is 0.500. The predicted octanol–water partition coefficient (Wildman–Crippen LogP) is 2.50. The average Bonchev–Trinajstić information content (AvgIpc) is 2.60. The average molecular weight is 247 g/mol. The molecular weight excluding hydrogens is 226 g/mol. The second-order valence-electron chi connectivity index (χ2n) is 4.96. The smallest absolute Gasteiger partial charge is 0.250 e. The number of nitrogen functional groups attached to an aromatic ring is 1. The Kier molecular flexibility index (Phi) is 4.07. The Morgan fingerprint density at radius 3 is 2.44 bits per heavy atom. The Hall–Kier alpha value is -1.71. The van der Waals surface area contributed by atoms with E-state index in [2.05, 4.69) is 5.32 Å². The second kappa shape index (κ2) is 5.76. The van der Waals surface area contributed by atoms with Crippen molar-refractivity contribution in [2.24, 2.45) is 5.73 Å². The molecule has 0 atom stereocenters. The minimum Gasteiger partial charge on any atom is -0.396 e. The van der Waals surface area contributed by atoms with Crippen molar-refractivity contribution in [3.63, 3.8) is 0 Å². The van der Waals surface area contributed by atoms with Crippen molar-refractivity contribution in [2.45, 2.75) is 44.6 Å². The maximum absolute atomic E-state index is 11.2. The third kappa shape index (κ3) is 2.94. The van der Waals surface area contributed by atoms with Crippen LogP contribution in [0.4, 0.5) is 11.4 Å². The van der Waals surface area contributed by atoms with Crippen LogP contribution in [0.3, 0.4) is 0 Å². The van der Waals surface area contributed by atoms with Gasteiger partial charge in [0.1, 0.15) is 0 Å². The molecule has 1 aromatic carbocycles. The third-order valence-electron chi connectivity index (χ3n) is 3.59. The summed E-state index contributed by atoms with van der Waals surface area (Å²) in [4.78, 5) is 11.2. The molecule has 18 heavy (non-hydrogen) atoms. The molecule has 0 unspecified atom stereocenters. The maximum Gasteiger partial charge on any atom is 0.250 e. The number of carbonyl (C=O) groups excluding carboxylic acids is 1. The Labute approximate surface area is 108 Å². The minimum atomic E-state index is -0.475. The zero-order chi connectivity index (χ0) is 13.0. The number of benzene rings is 1. The highest BCUT2D eigenvalue weighted by Gasteiger charge is 2.15. The molecule has 1 amide bonds. The van der Waals surface area contributed by atoms with Gasteiger partial charge in [-0.3, -0.25) is 4.79 Å². The number of hydrogen-bond acceptors (Lipinski definition) is 3. The molecule has 1 aliphatic rings. The van der Waals surface area contributed by atoms with Crippen LogP contribution >= 0.6 is 0 Å². The van der Waals surface area contributed by atoms with E-state index in [0.29, 0.717) is 17.3 Å². The lowest BCUT2D eigenvalue weighted by Gasteiger charge is -2.19. The van der Waals surface area contributed by atoms with Gasteiger partial charge < -0.3 is 16.8 Å². The lowest BCUT2D eigenvalue weighted by Crippen LogP contribution is -2.21. The van der Waals surface area contributed by atoms with Gasteiger partial charge in [-0.2, -0.15) is 0 Å². The molecule has 0 bridgehead atoms. The van der Waals surface area contributed by atoms with E-state index in [9.17, 15) is 4.79 Å². The standard InChI is InChI=1S/C14H21N3O/c15-13-11(14(16)18)8-5-9-12(13)17-10-6-3-1-2-4-7-10/h5,8-10,17H,1-4,6-7,15H2,(H2,16,18). The van der Waals surface area contributed by atoms with Gasteiger partial charge in [0.15, 0.2) is 0 Å². The number of primary amides is 1. The molecule has 0 spiro atoms. The largest absolute Gasteiger partial charge is 0.396 e. The quantitative estimate of drug-likeness (QED) is 0.567. The Bertz CT molecular complexity index is 423. The normalized spacial score (nSPS) is 17.1. The summed E-state index contributed by atoms with van der Waals surface area (Å²) in [5.74, 6) is -0.475. The van der Waals surface area contributed by atoms with Gasteiger partial charge in [0.2, 0.25) is 0 Å². The molecule has 5 N–H and O–H groups in total. The molecule has 0 heterocycles. The number of nitrogens with one attached hydrogen (secondary N) is 1.